The molecule has 2 aromatic heterocycles. The van der Waals surface area contributed by atoms with Crippen LogP contribution in [0.5, 0.6) is 11.5 Å². The van der Waals surface area contributed by atoms with Gasteiger partial charge in [-0.2, -0.15) is 0 Å². The molecule has 0 saturated carbocycles. The highest BCUT2D eigenvalue weighted by Gasteiger charge is 2.14. The Kier molecular flexibility index (Phi) is 10.7. The quantitative estimate of drug-likeness (QED) is 0.0890. The van der Waals surface area contributed by atoms with Gasteiger partial charge in [-0.05, 0) is 76.4 Å². The predicted molar refractivity (Wildman–Crippen MR) is 166 cm³/mol. The Morgan fingerprint density at radius 1 is 0.659 bits per heavy atom. The maximum atomic E-state index is 5.67. The first-order valence-corrected chi connectivity index (χ1v) is 15.1. The number of benzene rings is 2. The summed E-state index contributed by atoms with van der Waals surface area (Å²) < 4.78 is 15.2. The van der Waals surface area contributed by atoms with Gasteiger partial charge in [-0.25, -0.2) is 9.13 Å². The van der Waals surface area contributed by atoms with E-state index in [0.29, 0.717) is 0 Å². The van der Waals surface area contributed by atoms with E-state index in [0.717, 1.165) is 76.9 Å². The number of azo groups is 2. The third kappa shape index (κ3) is 8.08. The molecule has 10 nitrogen and oxygen atoms in total. The number of aryl methyl sites for hydroxylation is 2. The highest BCUT2D eigenvalue weighted by Crippen LogP contribution is 2.34. The lowest BCUT2D eigenvalue weighted by Gasteiger charge is -2.23. The van der Waals surface area contributed by atoms with E-state index in [1.807, 2.05) is 82.8 Å². The average Bonchev–Trinajstić information content (AvgIpc) is 3.60. The van der Waals surface area contributed by atoms with Gasteiger partial charge in [0.1, 0.15) is 35.3 Å². The molecule has 0 bridgehead atoms. The molecule has 2 heterocycles. The normalized spacial score (nSPS) is 11.5. The molecule has 0 aliphatic carbocycles. The lowest BCUT2D eigenvalue weighted by atomic mass is 10.2. The number of thiazole rings is 2. The standard InChI is InChI=1S/C29H38N8O2S2/c1-34(24-12-10-22(20-26(24)38-5)30-32-28-36(3)16-18-40-28)14-8-7-9-15-35(2)25-13-11-23(21-27(25)39-6)31-33-29-37(4)17-19-41-29/h10-13,16-21H,7-9,14-15H2,1-6H3/q+2. The van der Waals surface area contributed by atoms with Crippen molar-refractivity contribution < 1.29 is 18.6 Å². The SMILES string of the molecule is COc1cc(/N=N/c2scc[n+]2C)ccc1N(C)CCCCCN(C)c1ccc(/N=N/c2scc[n+]2C)cc1OC. The molecule has 0 aliphatic rings. The number of nitrogens with zero attached hydrogens (tertiary/aromatic N) is 8. The van der Waals surface area contributed by atoms with Gasteiger partial charge in [0, 0.05) is 50.1 Å². The van der Waals surface area contributed by atoms with E-state index >= 15 is 0 Å². The summed E-state index contributed by atoms with van der Waals surface area (Å²) in [6.07, 6.45) is 7.17. The number of unbranched alkanes of at least 4 members (excludes halogenated alkanes) is 2. The second-order valence-electron chi connectivity index (χ2n) is 9.61. The van der Waals surface area contributed by atoms with Crippen LogP contribution in [0.25, 0.3) is 0 Å². The van der Waals surface area contributed by atoms with Gasteiger partial charge >= 0.3 is 10.3 Å². The lowest BCUT2D eigenvalue weighted by Crippen LogP contribution is -2.23. The fraction of sp³-hybridized carbons (Fsp3) is 0.379. The zero-order valence-electron chi connectivity index (χ0n) is 24.5. The van der Waals surface area contributed by atoms with Gasteiger partial charge in [0.2, 0.25) is 0 Å². The Labute approximate surface area is 249 Å². The maximum absolute atomic E-state index is 5.67. The van der Waals surface area contributed by atoms with E-state index in [-0.39, 0.29) is 0 Å². The van der Waals surface area contributed by atoms with Gasteiger partial charge in [-0.3, -0.25) is 0 Å². The van der Waals surface area contributed by atoms with E-state index in [2.05, 4.69) is 44.4 Å². The van der Waals surface area contributed by atoms with Crippen LogP contribution < -0.4 is 28.4 Å². The number of rotatable bonds is 14. The van der Waals surface area contributed by atoms with Crippen LogP contribution in [-0.2, 0) is 14.1 Å². The van der Waals surface area contributed by atoms with Crippen molar-refractivity contribution in [2.24, 2.45) is 34.6 Å². The van der Waals surface area contributed by atoms with Crippen molar-refractivity contribution in [3.63, 3.8) is 0 Å². The number of anilines is 2. The highest BCUT2D eigenvalue weighted by molar-refractivity contribution is 7.13. The van der Waals surface area contributed by atoms with Crippen molar-refractivity contribution in [3.8, 4) is 11.5 Å². The van der Waals surface area contributed by atoms with Gasteiger partial charge in [-0.15, -0.1) is 0 Å². The third-order valence-corrected chi connectivity index (χ3v) is 8.33. The molecule has 2 aromatic carbocycles. The van der Waals surface area contributed by atoms with Crippen LogP contribution in [0.2, 0.25) is 0 Å². The first kappa shape index (κ1) is 30.1. The van der Waals surface area contributed by atoms with Crippen molar-refractivity contribution in [1.82, 2.24) is 0 Å². The summed E-state index contributed by atoms with van der Waals surface area (Å²) in [5, 5.41) is 23.1. The molecule has 0 spiro atoms. The van der Waals surface area contributed by atoms with Crippen molar-refractivity contribution in [2.45, 2.75) is 19.3 Å². The molecule has 0 aliphatic heterocycles. The minimum Gasteiger partial charge on any atom is -0.495 e. The molecule has 0 amide bonds. The Bertz CT molecular complexity index is 1370. The van der Waals surface area contributed by atoms with Crippen molar-refractivity contribution in [3.05, 3.63) is 59.6 Å². The zero-order chi connectivity index (χ0) is 29.2. The predicted octanol–water partition coefficient (Wildman–Crippen LogP) is 7.05. The molecule has 41 heavy (non-hydrogen) atoms. The van der Waals surface area contributed by atoms with Crippen LogP contribution in [0.3, 0.4) is 0 Å². The minimum absolute atomic E-state index is 0.763. The van der Waals surface area contributed by atoms with Gasteiger partial charge < -0.3 is 19.3 Å². The fourth-order valence-electron chi connectivity index (χ4n) is 4.25. The van der Waals surface area contributed by atoms with E-state index in [4.69, 9.17) is 9.47 Å². The number of methoxy groups -OCH3 is 2. The molecule has 0 fully saturated rings. The molecule has 0 N–H and O–H groups in total. The third-order valence-electron chi connectivity index (χ3n) is 6.66. The number of ether oxygens (including phenoxy) is 2. The van der Waals surface area contributed by atoms with Crippen molar-refractivity contribution >= 4 is 55.7 Å². The topological polar surface area (TPSA) is 82.1 Å². The Hall–Kier alpha value is -3.90. The van der Waals surface area contributed by atoms with Gasteiger partial charge in [-0.1, -0.05) is 0 Å². The summed E-state index contributed by atoms with van der Waals surface area (Å²) in [5.41, 5.74) is 3.61. The average molecular weight is 595 g/mol. The second-order valence-corrected chi connectivity index (χ2v) is 11.4. The fourth-order valence-corrected chi connectivity index (χ4v) is 5.61. The van der Waals surface area contributed by atoms with Crippen molar-refractivity contribution in [1.29, 1.82) is 0 Å². The van der Waals surface area contributed by atoms with E-state index in [9.17, 15) is 0 Å². The molecule has 0 radical (unpaired) electrons. The van der Waals surface area contributed by atoms with Crippen LogP contribution >= 0.6 is 22.7 Å². The summed E-state index contributed by atoms with van der Waals surface area (Å²) in [6.45, 7) is 1.86. The Morgan fingerprint density at radius 2 is 1.10 bits per heavy atom. The van der Waals surface area contributed by atoms with Crippen LogP contribution in [0, 0.1) is 0 Å². The summed E-state index contributed by atoms with van der Waals surface area (Å²) >= 11 is 3.10. The molecule has 12 heteroatoms. The van der Waals surface area contributed by atoms with Crippen molar-refractivity contribution in [2.75, 3.05) is 51.2 Å². The highest BCUT2D eigenvalue weighted by atomic mass is 32.1. The molecule has 0 atom stereocenters. The summed E-state index contributed by atoms with van der Waals surface area (Å²) in [5.74, 6) is 1.58. The van der Waals surface area contributed by atoms with Gasteiger partial charge in [0.15, 0.2) is 0 Å². The second kappa shape index (κ2) is 14.6. The number of hydrogen-bond donors (Lipinski definition) is 0. The summed E-state index contributed by atoms with van der Waals surface area (Å²) in [6, 6.07) is 11.9. The summed E-state index contributed by atoms with van der Waals surface area (Å²) in [4.78, 5) is 4.46. The number of hydrogen-bond acceptors (Lipinski definition) is 10. The molecule has 216 valence electrons. The molecule has 0 unspecified atom stereocenters. The first-order chi connectivity index (χ1) is 19.9. The largest absolute Gasteiger partial charge is 0.495 e. The Balaban J connectivity index is 1.25. The Morgan fingerprint density at radius 3 is 1.46 bits per heavy atom. The maximum Gasteiger partial charge on any atom is 0.408 e. The number of aromatic nitrogens is 2. The monoisotopic (exact) mass is 594 g/mol. The smallest absolute Gasteiger partial charge is 0.408 e. The molecular formula is C29H38N8O2S2+2. The zero-order valence-corrected chi connectivity index (χ0v) is 26.2. The van der Waals surface area contributed by atoms with Crippen LogP contribution in [0.15, 0.2) is 80.0 Å². The van der Waals surface area contributed by atoms with Crippen LogP contribution in [0.4, 0.5) is 33.0 Å². The van der Waals surface area contributed by atoms with Gasteiger partial charge in [0.05, 0.1) is 49.9 Å². The lowest BCUT2D eigenvalue weighted by molar-refractivity contribution is -0.654. The van der Waals surface area contributed by atoms with Crippen LogP contribution in [-0.4, -0.2) is 41.4 Å². The molecular weight excluding hydrogens is 557 g/mol. The van der Waals surface area contributed by atoms with Gasteiger partial charge in [0.25, 0.3) is 0 Å². The molecule has 0 saturated heterocycles. The van der Waals surface area contributed by atoms with Crippen LogP contribution in [0.1, 0.15) is 19.3 Å². The summed E-state index contributed by atoms with van der Waals surface area (Å²) in [7, 11) is 11.5. The first-order valence-electron chi connectivity index (χ1n) is 13.4. The van der Waals surface area contributed by atoms with E-state index in [1.165, 1.54) is 0 Å². The van der Waals surface area contributed by atoms with E-state index < -0.39 is 0 Å². The van der Waals surface area contributed by atoms with E-state index in [1.54, 1.807) is 36.9 Å². The molecule has 4 aromatic rings. The molecule has 4 rings (SSSR count). The minimum atomic E-state index is 0.763.